The van der Waals surface area contributed by atoms with E-state index in [0.29, 0.717) is 29.0 Å². The fraction of sp³-hybridized carbons (Fsp3) is 0.444. The first-order valence-electron chi connectivity index (χ1n) is 8.57. The summed E-state index contributed by atoms with van der Waals surface area (Å²) in [5.41, 5.74) is 0.606. The van der Waals surface area contributed by atoms with Gasteiger partial charge in [-0.15, -0.1) is 0 Å². The molecule has 3 rings (SSSR count). The van der Waals surface area contributed by atoms with E-state index in [2.05, 4.69) is 15.0 Å². The van der Waals surface area contributed by atoms with Gasteiger partial charge in [-0.05, 0) is 31.4 Å². The molecule has 0 bridgehead atoms. The topological polar surface area (TPSA) is 90.3 Å². The monoisotopic (exact) mass is 375 g/mol. The molecule has 138 valence electrons. The fourth-order valence-corrected chi connectivity index (χ4v) is 3.52. The number of carbonyl (C=O) groups excluding carboxylic acids is 2. The van der Waals surface area contributed by atoms with E-state index in [9.17, 15) is 14.4 Å². The maximum Gasteiger partial charge on any atom is 0.305 e. The van der Waals surface area contributed by atoms with E-state index in [1.165, 1.54) is 18.9 Å². The highest BCUT2D eigenvalue weighted by molar-refractivity contribution is 7.99. The van der Waals surface area contributed by atoms with Gasteiger partial charge in [-0.25, -0.2) is 4.98 Å². The van der Waals surface area contributed by atoms with Crippen molar-refractivity contribution in [3.63, 3.8) is 0 Å². The number of amides is 1. The van der Waals surface area contributed by atoms with E-state index in [4.69, 9.17) is 0 Å². The summed E-state index contributed by atoms with van der Waals surface area (Å²) in [5.74, 6) is -0.262. The second-order valence-electron chi connectivity index (χ2n) is 6.14. The smallest absolute Gasteiger partial charge is 0.305 e. The van der Waals surface area contributed by atoms with Gasteiger partial charge in [0.15, 0.2) is 5.16 Å². The minimum absolute atomic E-state index is 0.0425. The Morgan fingerprint density at radius 1 is 1.35 bits per heavy atom. The SMILES string of the molecule is COC(=O)CCCNC(=O)CSc1nc2ccccc2c(=O)n1C1CC1. The average molecular weight is 375 g/mol. The Bertz CT molecular complexity index is 876. The van der Waals surface area contributed by atoms with Gasteiger partial charge < -0.3 is 10.1 Å². The Kier molecular flexibility index (Phi) is 5.92. The van der Waals surface area contributed by atoms with Crippen molar-refractivity contribution < 1.29 is 14.3 Å². The third-order valence-electron chi connectivity index (χ3n) is 4.13. The Balaban J connectivity index is 1.63. The second kappa shape index (κ2) is 8.35. The Morgan fingerprint density at radius 3 is 2.85 bits per heavy atom. The van der Waals surface area contributed by atoms with Crippen LogP contribution >= 0.6 is 11.8 Å². The number of nitrogens with zero attached hydrogens (tertiary/aromatic N) is 2. The fourth-order valence-electron chi connectivity index (χ4n) is 2.63. The van der Waals surface area contributed by atoms with Gasteiger partial charge in [-0.2, -0.15) is 0 Å². The first-order valence-corrected chi connectivity index (χ1v) is 9.56. The van der Waals surface area contributed by atoms with Crippen molar-refractivity contribution >= 4 is 34.5 Å². The Labute approximate surface area is 155 Å². The molecule has 0 unspecified atom stereocenters. The second-order valence-corrected chi connectivity index (χ2v) is 7.08. The van der Waals surface area contributed by atoms with Crippen LogP contribution in [0.25, 0.3) is 10.9 Å². The number of hydrogen-bond acceptors (Lipinski definition) is 6. The van der Waals surface area contributed by atoms with Gasteiger partial charge in [0.1, 0.15) is 0 Å². The number of methoxy groups -OCH3 is 1. The maximum absolute atomic E-state index is 12.7. The lowest BCUT2D eigenvalue weighted by Crippen LogP contribution is -2.28. The summed E-state index contributed by atoms with van der Waals surface area (Å²) in [6, 6.07) is 7.46. The molecule has 26 heavy (non-hydrogen) atoms. The molecule has 0 aliphatic heterocycles. The predicted molar refractivity (Wildman–Crippen MR) is 99.3 cm³/mol. The number of nitrogens with one attached hydrogen (secondary N) is 1. The van der Waals surface area contributed by atoms with Crippen molar-refractivity contribution in [2.45, 2.75) is 36.9 Å². The summed E-state index contributed by atoms with van der Waals surface area (Å²) in [5, 5.41) is 3.96. The van der Waals surface area contributed by atoms with Crippen LogP contribution in [0.4, 0.5) is 0 Å². The van der Waals surface area contributed by atoms with Crippen LogP contribution < -0.4 is 10.9 Å². The highest BCUT2D eigenvalue weighted by atomic mass is 32.2. The minimum Gasteiger partial charge on any atom is -0.469 e. The predicted octanol–water partition coefficient (Wildman–Crippen LogP) is 1.89. The number of carbonyl (C=O) groups is 2. The molecular formula is C18H21N3O4S. The third-order valence-corrected chi connectivity index (χ3v) is 5.08. The number of ether oxygens (including phenoxy) is 1. The molecule has 1 N–H and O–H groups in total. The molecule has 1 amide bonds. The van der Waals surface area contributed by atoms with Crippen molar-refractivity contribution in [2.24, 2.45) is 0 Å². The lowest BCUT2D eigenvalue weighted by molar-refractivity contribution is -0.140. The summed E-state index contributed by atoms with van der Waals surface area (Å²) in [7, 11) is 1.34. The lowest BCUT2D eigenvalue weighted by atomic mass is 10.2. The van der Waals surface area contributed by atoms with Crippen LogP contribution in [-0.2, 0) is 14.3 Å². The average Bonchev–Trinajstić information content (AvgIpc) is 3.48. The zero-order valence-corrected chi connectivity index (χ0v) is 15.4. The van der Waals surface area contributed by atoms with E-state index in [1.807, 2.05) is 18.2 Å². The van der Waals surface area contributed by atoms with Crippen molar-refractivity contribution in [1.29, 1.82) is 0 Å². The normalized spacial score (nSPS) is 13.6. The first kappa shape index (κ1) is 18.4. The Morgan fingerprint density at radius 2 is 2.12 bits per heavy atom. The molecule has 0 spiro atoms. The molecule has 0 saturated heterocycles. The van der Waals surface area contributed by atoms with Gasteiger partial charge in [0, 0.05) is 19.0 Å². The molecule has 1 aromatic heterocycles. The van der Waals surface area contributed by atoms with Gasteiger partial charge in [0.05, 0.1) is 23.8 Å². The summed E-state index contributed by atoms with van der Waals surface area (Å²) < 4.78 is 6.27. The molecule has 1 aliphatic carbocycles. The van der Waals surface area contributed by atoms with E-state index in [0.717, 1.165) is 12.8 Å². The third kappa shape index (κ3) is 4.43. The molecular weight excluding hydrogens is 354 g/mol. The van der Waals surface area contributed by atoms with E-state index in [1.54, 1.807) is 10.6 Å². The van der Waals surface area contributed by atoms with Gasteiger partial charge in [-0.3, -0.25) is 19.0 Å². The largest absolute Gasteiger partial charge is 0.469 e. The lowest BCUT2D eigenvalue weighted by Gasteiger charge is -2.12. The molecule has 1 saturated carbocycles. The molecule has 7 nitrogen and oxygen atoms in total. The highest BCUT2D eigenvalue weighted by Crippen LogP contribution is 2.36. The molecule has 0 atom stereocenters. The zero-order valence-electron chi connectivity index (χ0n) is 14.6. The number of hydrogen-bond donors (Lipinski definition) is 1. The van der Waals surface area contributed by atoms with Crippen LogP contribution in [0.3, 0.4) is 0 Å². The van der Waals surface area contributed by atoms with Crippen LogP contribution in [0, 0.1) is 0 Å². The van der Waals surface area contributed by atoms with Gasteiger partial charge in [-0.1, -0.05) is 23.9 Å². The molecule has 0 radical (unpaired) electrons. The highest BCUT2D eigenvalue weighted by Gasteiger charge is 2.28. The van der Waals surface area contributed by atoms with Crippen LogP contribution in [0.15, 0.2) is 34.2 Å². The van der Waals surface area contributed by atoms with Crippen molar-refractivity contribution in [2.75, 3.05) is 19.4 Å². The minimum atomic E-state index is -0.289. The van der Waals surface area contributed by atoms with Crippen molar-refractivity contribution in [3.05, 3.63) is 34.6 Å². The number of aromatic nitrogens is 2. The van der Waals surface area contributed by atoms with Crippen molar-refractivity contribution in [3.8, 4) is 0 Å². The van der Waals surface area contributed by atoms with E-state index >= 15 is 0 Å². The van der Waals surface area contributed by atoms with Crippen LogP contribution in [0.5, 0.6) is 0 Å². The summed E-state index contributed by atoms with van der Waals surface area (Å²) >= 11 is 1.27. The molecule has 8 heteroatoms. The Hall–Kier alpha value is -2.35. The first-order chi connectivity index (χ1) is 12.6. The van der Waals surface area contributed by atoms with Crippen LogP contribution in [-0.4, -0.2) is 40.8 Å². The van der Waals surface area contributed by atoms with Gasteiger partial charge in [0.25, 0.3) is 5.56 Å². The quantitative estimate of drug-likeness (QED) is 0.328. The summed E-state index contributed by atoms with van der Waals surface area (Å²) in [4.78, 5) is 40.4. The van der Waals surface area contributed by atoms with Crippen LogP contribution in [0.1, 0.15) is 31.7 Å². The van der Waals surface area contributed by atoms with Gasteiger partial charge >= 0.3 is 5.97 Å². The van der Waals surface area contributed by atoms with E-state index in [-0.39, 0.29) is 35.7 Å². The molecule has 1 aromatic carbocycles. The van der Waals surface area contributed by atoms with Gasteiger partial charge in [0.2, 0.25) is 5.91 Å². The number of thioether (sulfide) groups is 1. The molecule has 1 aliphatic rings. The maximum atomic E-state index is 12.7. The number of esters is 1. The summed E-state index contributed by atoms with van der Waals surface area (Å²) in [6.45, 7) is 0.412. The number of fused-ring (bicyclic) bond motifs is 1. The molecule has 1 fully saturated rings. The van der Waals surface area contributed by atoms with E-state index < -0.39 is 0 Å². The number of para-hydroxylation sites is 1. The zero-order chi connectivity index (χ0) is 18.5. The summed E-state index contributed by atoms with van der Waals surface area (Å²) in [6.07, 6.45) is 2.74. The molecule has 1 heterocycles. The number of rotatable bonds is 8. The van der Waals surface area contributed by atoms with Crippen LogP contribution in [0.2, 0.25) is 0 Å². The van der Waals surface area contributed by atoms with Crippen molar-refractivity contribution in [1.82, 2.24) is 14.9 Å². The molecule has 2 aromatic rings. The number of benzene rings is 1. The standard InChI is InChI=1S/C18H21N3O4S/c1-25-16(23)7-4-10-19-15(22)11-26-18-20-14-6-3-2-5-13(14)17(24)21(18)12-8-9-12/h2-3,5-6,12H,4,7-11H2,1H3,(H,19,22).